The maximum atomic E-state index is 12.7. The molecule has 0 aromatic heterocycles. The Morgan fingerprint density at radius 1 is 0.946 bits per heavy atom. The van der Waals surface area contributed by atoms with Gasteiger partial charge >= 0.3 is 17.9 Å². The van der Waals surface area contributed by atoms with Crippen LogP contribution in [0, 0.1) is 17.8 Å². The minimum Gasteiger partial charge on any atom is -0.463 e. The van der Waals surface area contributed by atoms with E-state index in [1.165, 1.54) is 12.5 Å². The molecule has 0 radical (unpaired) electrons. The zero-order chi connectivity index (χ0) is 27.0. The summed E-state index contributed by atoms with van der Waals surface area (Å²) in [6, 6.07) is 6.67. The maximum Gasteiger partial charge on any atom is 0.338 e. The number of hydrogen-bond acceptors (Lipinski definition) is 6. The lowest BCUT2D eigenvalue weighted by Gasteiger charge is -2.36. The average Bonchev–Trinajstić information content (AvgIpc) is 2.87. The van der Waals surface area contributed by atoms with Gasteiger partial charge in [-0.1, -0.05) is 72.3 Å². The van der Waals surface area contributed by atoms with Crippen LogP contribution in [-0.2, 0) is 19.1 Å². The van der Waals surface area contributed by atoms with Crippen LogP contribution in [0.1, 0.15) is 108 Å². The largest absolute Gasteiger partial charge is 0.463 e. The lowest BCUT2D eigenvalue weighted by atomic mass is 9.75. The Labute approximate surface area is 223 Å². The van der Waals surface area contributed by atoms with Gasteiger partial charge in [0, 0.05) is 12.5 Å². The fraction of sp³-hybridized carbons (Fsp3) is 0.645. The van der Waals surface area contributed by atoms with E-state index in [0.29, 0.717) is 42.1 Å². The molecular formula is C31H46O6. The molecular weight excluding hydrogens is 468 g/mol. The highest BCUT2D eigenvalue weighted by Crippen LogP contribution is 2.35. The molecule has 1 fully saturated rings. The van der Waals surface area contributed by atoms with Gasteiger partial charge in [-0.15, -0.1) is 0 Å². The second-order valence-electron chi connectivity index (χ2n) is 10.7. The number of carbonyl (C=O) groups is 3. The molecule has 1 aliphatic rings. The number of benzene rings is 1. The molecule has 1 aliphatic carbocycles. The predicted molar refractivity (Wildman–Crippen MR) is 145 cm³/mol. The van der Waals surface area contributed by atoms with Gasteiger partial charge in [0.25, 0.3) is 0 Å². The molecule has 0 spiro atoms. The summed E-state index contributed by atoms with van der Waals surface area (Å²) in [5.41, 5.74) is 0.485. The van der Waals surface area contributed by atoms with Crippen LogP contribution in [0.3, 0.4) is 0 Å². The van der Waals surface area contributed by atoms with E-state index < -0.39 is 0 Å². The molecule has 0 aliphatic heterocycles. The number of ether oxygens (including phenoxy) is 3. The normalized spacial score (nSPS) is 19.3. The molecule has 0 bridgehead atoms. The van der Waals surface area contributed by atoms with Crippen LogP contribution in [0.25, 0.3) is 0 Å². The zero-order valence-electron chi connectivity index (χ0n) is 23.0. The van der Waals surface area contributed by atoms with Gasteiger partial charge in [-0.25, -0.2) is 9.59 Å². The Morgan fingerprint density at radius 2 is 1.57 bits per heavy atom. The van der Waals surface area contributed by atoms with Crippen LogP contribution in [0.4, 0.5) is 0 Å². The Balaban J connectivity index is 1.59. The monoisotopic (exact) mass is 514 g/mol. The van der Waals surface area contributed by atoms with Crippen LogP contribution in [-0.4, -0.2) is 30.6 Å². The van der Waals surface area contributed by atoms with Crippen LogP contribution >= 0.6 is 0 Å². The number of carbonyl (C=O) groups excluding carboxylic acids is 3. The Hall–Kier alpha value is -2.63. The summed E-state index contributed by atoms with van der Waals surface area (Å²) in [6.07, 6.45) is 13.0. The first-order valence-electron chi connectivity index (χ1n) is 14.1. The van der Waals surface area contributed by atoms with Crippen molar-refractivity contribution in [2.45, 2.75) is 104 Å². The minimum atomic E-state index is -0.361. The molecule has 3 atom stereocenters. The molecule has 2 rings (SSSR count). The van der Waals surface area contributed by atoms with Gasteiger partial charge in [-0.05, 0) is 67.7 Å². The van der Waals surface area contributed by atoms with E-state index in [0.717, 1.165) is 64.2 Å². The van der Waals surface area contributed by atoms with E-state index in [4.69, 9.17) is 14.2 Å². The molecule has 0 heterocycles. The van der Waals surface area contributed by atoms with Gasteiger partial charge in [-0.3, -0.25) is 4.79 Å². The number of unbranched alkanes of at least 4 members (excludes halogenated alkanes) is 7. The van der Waals surface area contributed by atoms with Crippen LogP contribution in [0.5, 0.6) is 5.75 Å². The quantitative estimate of drug-likeness (QED) is 0.0986. The summed E-state index contributed by atoms with van der Waals surface area (Å²) in [5, 5.41) is 0. The highest BCUT2D eigenvalue weighted by Gasteiger charge is 2.33. The molecule has 1 aromatic rings. The summed E-state index contributed by atoms with van der Waals surface area (Å²) in [4.78, 5) is 35.8. The summed E-state index contributed by atoms with van der Waals surface area (Å²) in [6.45, 7) is 10.4. The van der Waals surface area contributed by atoms with Gasteiger partial charge in [0.15, 0.2) is 0 Å². The van der Waals surface area contributed by atoms with E-state index in [-0.39, 0.29) is 24.0 Å². The molecule has 3 unspecified atom stereocenters. The summed E-state index contributed by atoms with van der Waals surface area (Å²) >= 11 is 0. The van der Waals surface area contributed by atoms with Crippen molar-refractivity contribution in [1.82, 2.24) is 0 Å². The van der Waals surface area contributed by atoms with Gasteiger partial charge in [0.1, 0.15) is 11.9 Å². The number of rotatable bonds is 16. The first-order valence-corrected chi connectivity index (χ1v) is 14.1. The molecule has 1 saturated carbocycles. The summed E-state index contributed by atoms with van der Waals surface area (Å²) in [5.74, 6) is 0.993. The average molecular weight is 515 g/mol. The topological polar surface area (TPSA) is 78.9 Å². The smallest absolute Gasteiger partial charge is 0.338 e. The molecule has 1 aromatic carbocycles. The van der Waals surface area contributed by atoms with Crippen molar-refractivity contribution in [2.75, 3.05) is 6.61 Å². The van der Waals surface area contributed by atoms with E-state index in [9.17, 15) is 14.4 Å². The molecule has 0 N–H and O–H groups in total. The van der Waals surface area contributed by atoms with E-state index in [1.54, 1.807) is 24.3 Å². The lowest BCUT2D eigenvalue weighted by Crippen LogP contribution is -2.35. The summed E-state index contributed by atoms with van der Waals surface area (Å²) < 4.78 is 16.3. The van der Waals surface area contributed by atoms with Crippen LogP contribution < -0.4 is 4.74 Å². The van der Waals surface area contributed by atoms with Crippen molar-refractivity contribution >= 4 is 17.9 Å². The van der Waals surface area contributed by atoms with Gasteiger partial charge in [0.05, 0.1) is 12.2 Å². The lowest BCUT2D eigenvalue weighted by molar-refractivity contribution is -0.138. The first-order chi connectivity index (χ1) is 17.8. The zero-order valence-corrected chi connectivity index (χ0v) is 23.0. The highest BCUT2D eigenvalue weighted by molar-refractivity contribution is 5.89. The fourth-order valence-electron chi connectivity index (χ4n) is 4.96. The molecule has 0 amide bonds. The summed E-state index contributed by atoms with van der Waals surface area (Å²) in [7, 11) is 0. The first kappa shape index (κ1) is 30.6. The molecule has 6 heteroatoms. The number of esters is 3. The van der Waals surface area contributed by atoms with Crippen molar-refractivity contribution in [3.05, 3.63) is 42.5 Å². The highest BCUT2D eigenvalue weighted by atomic mass is 16.5. The molecule has 37 heavy (non-hydrogen) atoms. The van der Waals surface area contributed by atoms with Crippen molar-refractivity contribution in [3.63, 3.8) is 0 Å². The van der Waals surface area contributed by atoms with Crippen molar-refractivity contribution in [3.8, 4) is 5.75 Å². The van der Waals surface area contributed by atoms with E-state index >= 15 is 0 Å². The van der Waals surface area contributed by atoms with Crippen LogP contribution in [0.15, 0.2) is 36.9 Å². The third-order valence-electron chi connectivity index (χ3n) is 7.23. The van der Waals surface area contributed by atoms with Crippen LogP contribution in [0.2, 0.25) is 0 Å². The second kappa shape index (κ2) is 17.0. The Morgan fingerprint density at radius 3 is 2.19 bits per heavy atom. The second-order valence-corrected chi connectivity index (χ2v) is 10.7. The Kier molecular flexibility index (Phi) is 14.0. The fourth-order valence-corrected chi connectivity index (χ4v) is 4.96. The number of hydrogen-bond donors (Lipinski definition) is 0. The maximum absolute atomic E-state index is 12.7. The third-order valence-corrected chi connectivity index (χ3v) is 7.23. The van der Waals surface area contributed by atoms with Crippen molar-refractivity contribution in [2.24, 2.45) is 17.8 Å². The Bertz CT molecular complexity index is 844. The van der Waals surface area contributed by atoms with Gasteiger partial charge in [0.2, 0.25) is 0 Å². The standard InChI is InChI=1S/C31H46O6/c1-5-29(32)35-21-13-11-9-7-6-8-10-12-14-30(33)36-26-18-16-25(17-19-26)31(34)37-28-22-24(4)15-20-27(28)23(2)3/h5,16-19,23-24,27-28H,1,6-15,20-22H2,2-4H3. The van der Waals surface area contributed by atoms with E-state index in [1.807, 2.05) is 0 Å². The van der Waals surface area contributed by atoms with Crippen molar-refractivity contribution < 1.29 is 28.6 Å². The SMILES string of the molecule is C=CC(=O)OCCCCCCCCCCC(=O)Oc1ccc(C(=O)OC2CC(C)CCC2C(C)C)cc1. The van der Waals surface area contributed by atoms with Gasteiger partial charge < -0.3 is 14.2 Å². The molecule has 6 nitrogen and oxygen atoms in total. The van der Waals surface area contributed by atoms with Crippen molar-refractivity contribution in [1.29, 1.82) is 0 Å². The van der Waals surface area contributed by atoms with E-state index in [2.05, 4.69) is 27.4 Å². The third kappa shape index (κ3) is 12.0. The molecule has 206 valence electrons. The minimum absolute atomic E-state index is 0.0392. The van der Waals surface area contributed by atoms with Gasteiger partial charge in [-0.2, -0.15) is 0 Å². The molecule has 0 saturated heterocycles. The predicted octanol–water partition coefficient (Wildman–Crippen LogP) is 7.45.